The lowest BCUT2D eigenvalue weighted by Crippen LogP contribution is -2.06. The highest BCUT2D eigenvalue weighted by atomic mass is 16.6. The van der Waals surface area contributed by atoms with Crippen LogP contribution in [0.1, 0.15) is 18.4 Å². The second kappa shape index (κ2) is 3.82. The lowest BCUT2D eigenvalue weighted by molar-refractivity contribution is -0.386. The van der Waals surface area contributed by atoms with E-state index in [9.17, 15) is 10.1 Å². The number of rotatable bonds is 4. The van der Waals surface area contributed by atoms with E-state index in [1.54, 1.807) is 0 Å². The second-order valence-corrected chi connectivity index (χ2v) is 3.42. The van der Waals surface area contributed by atoms with Crippen molar-refractivity contribution in [2.45, 2.75) is 25.5 Å². The Morgan fingerprint density at radius 1 is 1.60 bits per heavy atom. The fraction of sp³-hybridized carbons (Fsp3) is 0.444. The first-order valence-electron chi connectivity index (χ1n) is 4.70. The molecule has 0 aliphatic heterocycles. The summed E-state index contributed by atoms with van der Waals surface area (Å²) in [4.78, 5) is 14.2. The zero-order valence-electron chi connectivity index (χ0n) is 8.05. The summed E-state index contributed by atoms with van der Waals surface area (Å²) in [5.41, 5.74) is 5.75. The van der Waals surface area contributed by atoms with Gasteiger partial charge in [-0.2, -0.15) is 0 Å². The Labute approximate surface area is 86.2 Å². The maximum absolute atomic E-state index is 10.8. The van der Waals surface area contributed by atoms with E-state index in [0.717, 1.165) is 12.8 Å². The van der Waals surface area contributed by atoms with Crippen LogP contribution in [0.15, 0.2) is 12.4 Å². The predicted molar refractivity (Wildman–Crippen MR) is 52.4 cm³/mol. The molecule has 0 unspecified atom stereocenters. The molecule has 2 rings (SSSR count). The van der Waals surface area contributed by atoms with Crippen LogP contribution in [0.4, 0.5) is 5.69 Å². The summed E-state index contributed by atoms with van der Waals surface area (Å²) < 4.78 is 5.40. The van der Waals surface area contributed by atoms with Crippen molar-refractivity contribution < 1.29 is 9.66 Å². The number of nitro groups is 1. The molecule has 0 bridgehead atoms. The third-order valence-electron chi connectivity index (χ3n) is 2.18. The Hall–Kier alpha value is -1.69. The van der Waals surface area contributed by atoms with Crippen LogP contribution in [0.3, 0.4) is 0 Å². The van der Waals surface area contributed by atoms with E-state index in [1.165, 1.54) is 12.4 Å². The molecular formula is C9H11N3O3. The molecule has 15 heavy (non-hydrogen) atoms. The third-order valence-corrected chi connectivity index (χ3v) is 2.18. The molecule has 1 fully saturated rings. The highest BCUT2D eigenvalue weighted by Gasteiger charge is 2.28. The van der Waals surface area contributed by atoms with Gasteiger partial charge in [-0.25, -0.2) is 0 Å². The molecule has 1 aromatic rings. The van der Waals surface area contributed by atoms with Crippen LogP contribution in [-0.2, 0) is 6.54 Å². The van der Waals surface area contributed by atoms with Gasteiger partial charge in [-0.15, -0.1) is 0 Å². The SMILES string of the molecule is NCc1cncc(OC2CC2)c1[N+](=O)[O-]. The molecule has 0 atom stereocenters. The Kier molecular flexibility index (Phi) is 2.51. The molecule has 0 saturated heterocycles. The largest absolute Gasteiger partial charge is 0.482 e. The van der Waals surface area contributed by atoms with Crippen molar-refractivity contribution in [1.82, 2.24) is 4.98 Å². The van der Waals surface area contributed by atoms with E-state index in [4.69, 9.17) is 10.5 Å². The minimum absolute atomic E-state index is 0.0561. The van der Waals surface area contributed by atoms with Crippen LogP contribution >= 0.6 is 0 Å². The summed E-state index contributed by atoms with van der Waals surface area (Å²) in [6.45, 7) is 0.0885. The number of ether oxygens (including phenoxy) is 1. The van der Waals surface area contributed by atoms with Gasteiger partial charge >= 0.3 is 5.69 Å². The second-order valence-electron chi connectivity index (χ2n) is 3.42. The average molecular weight is 209 g/mol. The van der Waals surface area contributed by atoms with Gasteiger partial charge in [0.2, 0.25) is 5.75 Å². The number of nitrogens with two attached hydrogens (primary N) is 1. The topological polar surface area (TPSA) is 91.3 Å². The molecule has 2 N–H and O–H groups in total. The molecule has 6 heteroatoms. The van der Waals surface area contributed by atoms with Crippen molar-refractivity contribution in [2.75, 3.05) is 0 Å². The van der Waals surface area contributed by atoms with Gasteiger partial charge in [-0.05, 0) is 12.8 Å². The molecule has 80 valence electrons. The molecule has 1 aromatic heterocycles. The summed E-state index contributed by atoms with van der Waals surface area (Å²) in [5.74, 6) is 0.227. The van der Waals surface area contributed by atoms with Crippen LogP contribution in [0.5, 0.6) is 5.75 Å². The molecular weight excluding hydrogens is 198 g/mol. The van der Waals surface area contributed by atoms with Gasteiger partial charge in [0.25, 0.3) is 0 Å². The number of pyridine rings is 1. The van der Waals surface area contributed by atoms with Gasteiger partial charge in [0, 0.05) is 12.7 Å². The van der Waals surface area contributed by atoms with Gasteiger partial charge in [0.05, 0.1) is 22.8 Å². The summed E-state index contributed by atoms with van der Waals surface area (Å²) in [6.07, 6.45) is 4.78. The standard InChI is InChI=1S/C9H11N3O3/c10-3-6-4-11-5-8(9(6)12(13)14)15-7-1-2-7/h4-5,7H,1-3,10H2. The van der Waals surface area contributed by atoms with E-state index in [0.29, 0.717) is 5.56 Å². The molecule has 0 aromatic carbocycles. The lowest BCUT2D eigenvalue weighted by Gasteiger charge is -2.06. The first kappa shape index (κ1) is 9.85. The minimum atomic E-state index is -0.471. The molecule has 1 aliphatic carbocycles. The van der Waals surface area contributed by atoms with E-state index in [1.807, 2.05) is 0 Å². The van der Waals surface area contributed by atoms with Crippen molar-refractivity contribution in [3.63, 3.8) is 0 Å². The third kappa shape index (κ3) is 2.04. The van der Waals surface area contributed by atoms with E-state index < -0.39 is 4.92 Å². The minimum Gasteiger partial charge on any atom is -0.482 e. The van der Waals surface area contributed by atoms with Crippen molar-refractivity contribution in [3.05, 3.63) is 28.1 Å². The van der Waals surface area contributed by atoms with Gasteiger partial charge < -0.3 is 10.5 Å². The smallest absolute Gasteiger partial charge is 0.318 e. The van der Waals surface area contributed by atoms with Crippen LogP contribution in [0.25, 0.3) is 0 Å². The van der Waals surface area contributed by atoms with Gasteiger partial charge in [-0.1, -0.05) is 0 Å². The highest BCUT2D eigenvalue weighted by molar-refractivity contribution is 5.50. The Balaban J connectivity index is 2.37. The molecule has 1 aliphatic rings. The molecule has 1 saturated carbocycles. The number of nitrogens with zero attached hydrogens (tertiary/aromatic N) is 2. The summed E-state index contributed by atoms with van der Waals surface area (Å²) >= 11 is 0. The van der Waals surface area contributed by atoms with E-state index >= 15 is 0 Å². The van der Waals surface area contributed by atoms with Crippen LogP contribution in [0.2, 0.25) is 0 Å². The van der Waals surface area contributed by atoms with Crippen LogP contribution < -0.4 is 10.5 Å². The molecule has 1 heterocycles. The van der Waals surface area contributed by atoms with Crippen molar-refractivity contribution >= 4 is 5.69 Å². The molecule has 0 amide bonds. The zero-order chi connectivity index (χ0) is 10.8. The van der Waals surface area contributed by atoms with Crippen LogP contribution in [-0.4, -0.2) is 16.0 Å². The van der Waals surface area contributed by atoms with Gasteiger partial charge in [-0.3, -0.25) is 15.1 Å². The van der Waals surface area contributed by atoms with E-state index in [2.05, 4.69) is 4.98 Å². The summed E-state index contributed by atoms with van der Waals surface area (Å²) in [7, 11) is 0. The van der Waals surface area contributed by atoms with Gasteiger partial charge in [0.15, 0.2) is 0 Å². The predicted octanol–water partition coefficient (Wildman–Crippen LogP) is 0.990. The molecule has 0 radical (unpaired) electrons. The lowest BCUT2D eigenvalue weighted by atomic mass is 10.2. The maximum atomic E-state index is 10.8. The molecule has 6 nitrogen and oxygen atoms in total. The number of hydrogen-bond donors (Lipinski definition) is 1. The summed E-state index contributed by atoms with van der Waals surface area (Å²) in [6, 6.07) is 0. The first-order valence-corrected chi connectivity index (χ1v) is 4.70. The maximum Gasteiger partial charge on any atom is 0.318 e. The van der Waals surface area contributed by atoms with Crippen molar-refractivity contribution in [1.29, 1.82) is 0 Å². The Bertz CT molecular complexity index is 390. The van der Waals surface area contributed by atoms with Crippen LogP contribution in [0, 0.1) is 10.1 Å². The Morgan fingerprint density at radius 2 is 2.33 bits per heavy atom. The Morgan fingerprint density at radius 3 is 2.87 bits per heavy atom. The monoisotopic (exact) mass is 209 g/mol. The first-order chi connectivity index (χ1) is 7.22. The van der Waals surface area contributed by atoms with E-state index in [-0.39, 0.29) is 24.1 Å². The van der Waals surface area contributed by atoms with Gasteiger partial charge in [0.1, 0.15) is 0 Å². The normalized spacial score (nSPS) is 15.0. The van der Waals surface area contributed by atoms with Crippen molar-refractivity contribution in [3.8, 4) is 5.75 Å². The number of aromatic nitrogens is 1. The zero-order valence-corrected chi connectivity index (χ0v) is 8.05. The fourth-order valence-electron chi connectivity index (χ4n) is 1.28. The average Bonchev–Trinajstić information content (AvgIpc) is 3.01. The summed E-state index contributed by atoms with van der Waals surface area (Å²) in [5, 5.41) is 10.8. The molecule has 0 spiro atoms. The quantitative estimate of drug-likeness (QED) is 0.589. The number of hydrogen-bond acceptors (Lipinski definition) is 5. The van der Waals surface area contributed by atoms with Crippen molar-refractivity contribution in [2.24, 2.45) is 5.73 Å². The highest BCUT2D eigenvalue weighted by Crippen LogP contribution is 2.34. The fourth-order valence-corrected chi connectivity index (χ4v) is 1.28.